The largest absolute Gasteiger partial charge is 0.234 e. The fourth-order valence-corrected chi connectivity index (χ4v) is 2.20. The average Bonchev–Trinajstić information content (AvgIpc) is 2.43. The average molecular weight is 217 g/mol. The maximum atomic E-state index is 4.57. The van der Waals surface area contributed by atoms with Gasteiger partial charge in [0.1, 0.15) is 0 Å². The van der Waals surface area contributed by atoms with Crippen molar-refractivity contribution in [2.75, 3.05) is 0 Å². The Morgan fingerprint density at radius 3 is 2.31 bits per heavy atom. The van der Waals surface area contributed by atoms with Gasteiger partial charge in [-0.2, -0.15) is 5.10 Å². The van der Waals surface area contributed by atoms with E-state index in [0.717, 1.165) is 17.0 Å². The van der Waals surface area contributed by atoms with Crippen molar-refractivity contribution in [1.82, 2.24) is 14.6 Å². The molecule has 0 aliphatic rings. The summed E-state index contributed by atoms with van der Waals surface area (Å²) in [7, 11) is 0. The SMILES string of the molecule is Cc1cc2nc(C)c(C)c(C(C)(C)C)n2n1. The van der Waals surface area contributed by atoms with Crippen LogP contribution in [-0.2, 0) is 5.41 Å². The fraction of sp³-hybridized carbons (Fsp3) is 0.538. The lowest BCUT2D eigenvalue weighted by molar-refractivity contribution is 0.539. The first-order valence-corrected chi connectivity index (χ1v) is 5.65. The Hall–Kier alpha value is -1.38. The van der Waals surface area contributed by atoms with E-state index in [1.54, 1.807) is 0 Å². The molecule has 0 aliphatic carbocycles. The van der Waals surface area contributed by atoms with Crippen molar-refractivity contribution in [3.63, 3.8) is 0 Å². The molecule has 0 aliphatic heterocycles. The van der Waals surface area contributed by atoms with E-state index >= 15 is 0 Å². The lowest BCUT2D eigenvalue weighted by Gasteiger charge is -2.23. The quantitative estimate of drug-likeness (QED) is 0.679. The summed E-state index contributed by atoms with van der Waals surface area (Å²) < 4.78 is 1.98. The zero-order valence-corrected chi connectivity index (χ0v) is 10.9. The van der Waals surface area contributed by atoms with Gasteiger partial charge in [-0.05, 0) is 26.3 Å². The predicted octanol–water partition coefficient (Wildman–Crippen LogP) is 2.95. The maximum absolute atomic E-state index is 4.57. The summed E-state index contributed by atoms with van der Waals surface area (Å²) in [6.07, 6.45) is 0. The summed E-state index contributed by atoms with van der Waals surface area (Å²) in [5.41, 5.74) is 5.63. The zero-order valence-electron chi connectivity index (χ0n) is 10.9. The molecule has 3 heteroatoms. The van der Waals surface area contributed by atoms with Crippen molar-refractivity contribution in [3.05, 3.63) is 28.7 Å². The molecule has 2 aromatic heterocycles. The van der Waals surface area contributed by atoms with Gasteiger partial charge in [-0.1, -0.05) is 20.8 Å². The molecule has 86 valence electrons. The van der Waals surface area contributed by atoms with E-state index < -0.39 is 0 Å². The van der Waals surface area contributed by atoms with Crippen LogP contribution in [0.4, 0.5) is 0 Å². The molecule has 0 saturated carbocycles. The molecule has 0 spiro atoms. The molecule has 0 bridgehead atoms. The molecule has 2 rings (SSSR count). The van der Waals surface area contributed by atoms with Crippen molar-refractivity contribution < 1.29 is 0 Å². The molecule has 0 aromatic carbocycles. The van der Waals surface area contributed by atoms with Crippen LogP contribution in [0.3, 0.4) is 0 Å². The summed E-state index contributed by atoms with van der Waals surface area (Å²) in [6, 6.07) is 2.03. The molecule has 2 heterocycles. The van der Waals surface area contributed by atoms with E-state index in [4.69, 9.17) is 0 Å². The topological polar surface area (TPSA) is 30.2 Å². The summed E-state index contributed by atoms with van der Waals surface area (Å²) >= 11 is 0. The predicted molar refractivity (Wildman–Crippen MR) is 65.9 cm³/mol. The second kappa shape index (κ2) is 3.30. The van der Waals surface area contributed by atoms with Crippen molar-refractivity contribution >= 4 is 5.65 Å². The first-order valence-electron chi connectivity index (χ1n) is 5.65. The minimum absolute atomic E-state index is 0.0779. The fourth-order valence-electron chi connectivity index (χ4n) is 2.20. The molecular formula is C13H19N3. The van der Waals surface area contributed by atoms with Gasteiger partial charge in [-0.3, -0.25) is 0 Å². The second-order valence-corrected chi connectivity index (χ2v) is 5.48. The Morgan fingerprint density at radius 1 is 1.12 bits per heavy atom. The Kier molecular flexibility index (Phi) is 2.30. The van der Waals surface area contributed by atoms with Gasteiger partial charge < -0.3 is 0 Å². The van der Waals surface area contributed by atoms with Gasteiger partial charge in [0.25, 0.3) is 0 Å². The third kappa shape index (κ3) is 1.60. The molecular weight excluding hydrogens is 198 g/mol. The van der Waals surface area contributed by atoms with E-state index in [2.05, 4.69) is 44.7 Å². The van der Waals surface area contributed by atoms with Crippen LogP contribution in [-0.4, -0.2) is 14.6 Å². The van der Waals surface area contributed by atoms with Crippen molar-refractivity contribution in [1.29, 1.82) is 0 Å². The summed E-state index contributed by atoms with van der Waals surface area (Å²) in [4.78, 5) is 4.57. The maximum Gasteiger partial charge on any atom is 0.155 e. The molecule has 0 radical (unpaired) electrons. The van der Waals surface area contributed by atoms with Crippen molar-refractivity contribution in [2.24, 2.45) is 0 Å². The molecule has 0 saturated heterocycles. The molecule has 0 unspecified atom stereocenters. The molecule has 0 N–H and O–H groups in total. The highest BCUT2D eigenvalue weighted by atomic mass is 15.3. The van der Waals surface area contributed by atoms with Crippen LogP contribution in [0.5, 0.6) is 0 Å². The van der Waals surface area contributed by atoms with Gasteiger partial charge in [-0.15, -0.1) is 0 Å². The van der Waals surface area contributed by atoms with Crippen LogP contribution in [0.1, 0.15) is 43.4 Å². The van der Waals surface area contributed by atoms with Gasteiger partial charge in [0, 0.05) is 17.2 Å². The van der Waals surface area contributed by atoms with Crippen LogP contribution in [0.2, 0.25) is 0 Å². The van der Waals surface area contributed by atoms with E-state index in [1.807, 2.05) is 17.5 Å². The standard InChI is InChI=1S/C13H19N3/c1-8-7-11-14-10(3)9(2)12(13(4,5)6)16(11)15-8/h7H,1-6H3. The van der Waals surface area contributed by atoms with Crippen LogP contribution in [0.15, 0.2) is 6.07 Å². The number of fused-ring (bicyclic) bond motifs is 1. The Labute approximate surface area is 96.5 Å². The third-order valence-corrected chi connectivity index (χ3v) is 2.92. The molecule has 0 amide bonds. The summed E-state index contributed by atoms with van der Waals surface area (Å²) in [5.74, 6) is 0. The van der Waals surface area contributed by atoms with Crippen molar-refractivity contribution in [2.45, 2.75) is 47.0 Å². The number of hydrogen-bond acceptors (Lipinski definition) is 2. The smallest absolute Gasteiger partial charge is 0.155 e. The first-order chi connectivity index (χ1) is 7.30. The monoisotopic (exact) mass is 217 g/mol. The zero-order chi connectivity index (χ0) is 12.1. The van der Waals surface area contributed by atoms with E-state index in [0.29, 0.717) is 0 Å². The number of rotatable bonds is 0. The van der Waals surface area contributed by atoms with E-state index in [1.165, 1.54) is 11.3 Å². The minimum atomic E-state index is 0.0779. The Balaban J connectivity index is 2.92. The van der Waals surface area contributed by atoms with E-state index in [-0.39, 0.29) is 5.41 Å². The lowest BCUT2D eigenvalue weighted by Crippen LogP contribution is -2.20. The van der Waals surface area contributed by atoms with Crippen LogP contribution >= 0.6 is 0 Å². The highest BCUT2D eigenvalue weighted by Crippen LogP contribution is 2.27. The highest BCUT2D eigenvalue weighted by Gasteiger charge is 2.22. The molecule has 3 nitrogen and oxygen atoms in total. The molecule has 0 atom stereocenters. The van der Waals surface area contributed by atoms with E-state index in [9.17, 15) is 0 Å². The van der Waals surface area contributed by atoms with Gasteiger partial charge in [0.2, 0.25) is 0 Å². The summed E-state index contributed by atoms with van der Waals surface area (Å²) in [6.45, 7) is 12.8. The van der Waals surface area contributed by atoms with Crippen molar-refractivity contribution in [3.8, 4) is 0 Å². The molecule has 2 aromatic rings. The molecule has 0 fully saturated rings. The molecule has 16 heavy (non-hydrogen) atoms. The number of aryl methyl sites for hydroxylation is 2. The minimum Gasteiger partial charge on any atom is -0.234 e. The van der Waals surface area contributed by atoms with Crippen LogP contribution < -0.4 is 0 Å². The van der Waals surface area contributed by atoms with Crippen LogP contribution in [0.25, 0.3) is 5.65 Å². The van der Waals surface area contributed by atoms with Gasteiger partial charge in [-0.25, -0.2) is 9.50 Å². The number of hydrogen-bond donors (Lipinski definition) is 0. The number of nitrogens with zero attached hydrogens (tertiary/aromatic N) is 3. The highest BCUT2D eigenvalue weighted by molar-refractivity contribution is 5.45. The number of aromatic nitrogens is 3. The second-order valence-electron chi connectivity index (χ2n) is 5.48. The third-order valence-electron chi connectivity index (χ3n) is 2.92. The normalized spacial score (nSPS) is 12.4. The Morgan fingerprint density at radius 2 is 1.75 bits per heavy atom. The van der Waals surface area contributed by atoms with Gasteiger partial charge in [0.05, 0.1) is 11.4 Å². The van der Waals surface area contributed by atoms with Crippen LogP contribution in [0, 0.1) is 20.8 Å². The van der Waals surface area contributed by atoms with Gasteiger partial charge in [0.15, 0.2) is 5.65 Å². The summed E-state index contributed by atoms with van der Waals surface area (Å²) in [5, 5.41) is 4.54. The lowest BCUT2D eigenvalue weighted by atomic mass is 9.88. The van der Waals surface area contributed by atoms with Gasteiger partial charge >= 0.3 is 0 Å². The first kappa shape index (κ1) is 11.1. The Bertz CT molecular complexity index is 544.